The van der Waals surface area contributed by atoms with Gasteiger partial charge in [0.05, 0.1) is 0 Å². The highest BCUT2D eigenvalue weighted by atomic mass is 19.1. The molecule has 3 aromatic rings. The first-order valence-electron chi connectivity index (χ1n) is 6.94. The molecule has 0 atom stereocenters. The first-order chi connectivity index (χ1) is 10.5. The molecule has 0 unspecified atom stereocenters. The highest BCUT2D eigenvalue weighted by Crippen LogP contribution is 2.28. The van der Waals surface area contributed by atoms with E-state index >= 15 is 0 Å². The van der Waals surface area contributed by atoms with Crippen LogP contribution in [0, 0.1) is 26.6 Å². The zero-order chi connectivity index (χ0) is 15.9. The summed E-state index contributed by atoms with van der Waals surface area (Å²) in [5.74, 6) is -0.367. The van der Waals surface area contributed by atoms with Crippen molar-refractivity contribution < 1.29 is 18.3 Å². The second-order valence-corrected chi connectivity index (χ2v) is 5.36. The fourth-order valence-electron chi connectivity index (χ4n) is 2.45. The molecule has 22 heavy (non-hydrogen) atoms. The van der Waals surface area contributed by atoms with Crippen LogP contribution in [0.4, 0.5) is 4.39 Å². The van der Waals surface area contributed by atoms with Crippen molar-refractivity contribution in [2.75, 3.05) is 0 Å². The maximum atomic E-state index is 13.3. The van der Waals surface area contributed by atoms with Crippen LogP contribution in [0.15, 0.2) is 40.8 Å². The second kappa shape index (κ2) is 5.30. The third-order valence-electron chi connectivity index (χ3n) is 3.62. The van der Waals surface area contributed by atoms with Gasteiger partial charge in [-0.2, -0.15) is 0 Å². The summed E-state index contributed by atoms with van der Waals surface area (Å²) >= 11 is 0. The molecule has 1 aromatic heterocycles. The van der Waals surface area contributed by atoms with Crippen molar-refractivity contribution >= 4 is 16.9 Å². The van der Waals surface area contributed by atoms with E-state index in [1.807, 2.05) is 26.0 Å². The van der Waals surface area contributed by atoms with Crippen LogP contribution in [0.3, 0.4) is 0 Å². The number of hydrogen-bond donors (Lipinski definition) is 0. The normalized spacial score (nSPS) is 10.9. The van der Waals surface area contributed by atoms with Gasteiger partial charge in [-0.05, 0) is 50.6 Å². The third-order valence-corrected chi connectivity index (χ3v) is 3.62. The van der Waals surface area contributed by atoms with Crippen molar-refractivity contribution in [3.63, 3.8) is 0 Å². The van der Waals surface area contributed by atoms with Gasteiger partial charge in [0.2, 0.25) is 5.76 Å². The molecule has 0 fully saturated rings. The van der Waals surface area contributed by atoms with Crippen LogP contribution in [0.25, 0.3) is 11.0 Å². The van der Waals surface area contributed by atoms with Gasteiger partial charge >= 0.3 is 5.97 Å². The van der Waals surface area contributed by atoms with Crippen molar-refractivity contribution in [2.24, 2.45) is 0 Å². The fourth-order valence-corrected chi connectivity index (χ4v) is 2.45. The first-order valence-corrected chi connectivity index (χ1v) is 6.94. The van der Waals surface area contributed by atoms with E-state index < -0.39 is 5.97 Å². The number of carbonyl (C=O) groups is 1. The summed E-state index contributed by atoms with van der Waals surface area (Å²) in [5.41, 5.74) is 3.00. The Labute approximate surface area is 127 Å². The monoisotopic (exact) mass is 298 g/mol. The SMILES string of the molecule is Cc1ccc(OC(=O)c2oc3ccc(F)cc3c2C)c(C)c1. The molecule has 112 valence electrons. The molecular formula is C18H15FO3. The number of benzene rings is 2. The number of aryl methyl sites for hydroxylation is 3. The Bertz CT molecular complexity index is 877. The van der Waals surface area contributed by atoms with Crippen molar-refractivity contribution in [1.82, 2.24) is 0 Å². The number of fused-ring (bicyclic) bond motifs is 1. The van der Waals surface area contributed by atoms with Crippen LogP contribution in [0.1, 0.15) is 27.2 Å². The minimum absolute atomic E-state index is 0.0978. The zero-order valence-corrected chi connectivity index (χ0v) is 12.6. The second-order valence-electron chi connectivity index (χ2n) is 5.36. The van der Waals surface area contributed by atoms with Crippen LogP contribution in [0.5, 0.6) is 5.75 Å². The molecule has 0 N–H and O–H groups in total. The van der Waals surface area contributed by atoms with Crippen LogP contribution in [0.2, 0.25) is 0 Å². The number of esters is 1. The Morgan fingerprint density at radius 1 is 1.09 bits per heavy atom. The van der Waals surface area contributed by atoms with Gasteiger partial charge in [0.15, 0.2) is 0 Å². The van der Waals surface area contributed by atoms with E-state index in [0.717, 1.165) is 11.1 Å². The largest absolute Gasteiger partial charge is 0.449 e. The van der Waals surface area contributed by atoms with E-state index in [2.05, 4.69) is 0 Å². The minimum Gasteiger partial charge on any atom is -0.449 e. The average Bonchev–Trinajstić information content (AvgIpc) is 2.79. The van der Waals surface area contributed by atoms with Gasteiger partial charge in [0.1, 0.15) is 17.1 Å². The number of furan rings is 1. The molecular weight excluding hydrogens is 283 g/mol. The molecule has 0 radical (unpaired) electrons. The molecule has 2 aromatic carbocycles. The number of rotatable bonds is 2. The van der Waals surface area contributed by atoms with Crippen molar-refractivity contribution in [3.05, 3.63) is 64.7 Å². The Balaban J connectivity index is 1.97. The zero-order valence-electron chi connectivity index (χ0n) is 12.6. The van der Waals surface area contributed by atoms with Gasteiger partial charge in [0.25, 0.3) is 0 Å². The molecule has 0 saturated carbocycles. The predicted octanol–water partition coefficient (Wildman–Crippen LogP) is 4.72. The molecule has 0 aliphatic carbocycles. The van der Waals surface area contributed by atoms with Crippen LogP contribution < -0.4 is 4.74 Å². The summed E-state index contributed by atoms with van der Waals surface area (Å²) in [5, 5.41) is 0.576. The number of hydrogen-bond acceptors (Lipinski definition) is 3. The van der Waals surface area contributed by atoms with Crippen LogP contribution in [-0.2, 0) is 0 Å². The lowest BCUT2D eigenvalue weighted by molar-refractivity contribution is 0.0701. The Morgan fingerprint density at radius 2 is 1.86 bits per heavy atom. The van der Waals surface area contributed by atoms with E-state index in [9.17, 15) is 9.18 Å². The van der Waals surface area contributed by atoms with E-state index in [4.69, 9.17) is 9.15 Å². The summed E-state index contributed by atoms with van der Waals surface area (Å²) in [4.78, 5) is 12.3. The molecule has 3 rings (SSSR count). The van der Waals surface area contributed by atoms with E-state index in [1.165, 1.54) is 18.2 Å². The van der Waals surface area contributed by atoms with Crippen molar-refractivity contribution in [1.29, 1.82) is 0 Å². The summed E-state index contributed by atoms with van der Waals surface area (Å²) in [6.07, 6.45) is 0. The smallest absolute Gasteiger partial charge is 0.379 e. The Morgan fingerprint density at radius 3 is 2.59 bits per heavy atom. The minimum atomic E-state index is -0.582. The number of ether oxygens (including phenoxy) is 1. The fraction of sp³-hybridized carbons (Fsp3) is 0.167. The molecule has 0 aliphatic rings. The summed E-state index contributed by atoms with van der Waals surface area (Å²) in [6.45, 7) is 5.55. The Hall–Kier alpha value is -2.62. The third kappa shape index (κ3) is 2.48. The standard InChI is InChI=1S/C18H15FO3/c1-10-4-6-15(11(2)8-10)22-18(20)17-12(3)14-9-13(19)5-7-16(14)21-17/h4-9H,1-3H3. The molecule has 0 aliphatic heterocycles. The molecule has 4 heteroatoms. The number of carbonyl (C=O) groups excluding carboxylic acids is 1. The van der Waals surface area contributed by atoms with Gasteiger partial charge in [0, 0.05) is 10.9 Å². The number of halogens is 1. The first kappa shape index (κ1) is 14.3. The molecule has 0 spiro atoms. The van der Waals surface area contributed by atoms with Crippen LogP contribution in [-0.4, -0.2) is 5.97 Å². The van der Waals surface area contributed by atoms with Gasteiger partial charge < -0.3 is 9.15 Å². The van der Waals surface area contributed by atoms with Gasteiger partial charge in [-0.1, -0.05) is 17.7 Å². The molecule has 3 nitrogen and oxygen atoms in total. The molecule has 0 saturated heterocycles. The van der Waals surface area contributed by atoms with Gasteiger partial charge in [-0.25, -0.2) is 9.18 Å². The quantitative estimate of drug-likeness (QED) is 0.508. The molecule has 0 bridgehead atoms. The summed E-state index contributed by atoms with van der Waals surface area (Å²) < 4.78 is 24.2. The van der Waals surface area contributed by atoms with E-state index in [-0.39, 0.29) is 11.6 Å². The predicted molar refractivity (Wildman–Crippen MR) is 81.8 cm³/mol. The summed E-state index contributed by atoms with van der Waals surface area (Å²) in [7, 11) is 0. The lowest BCUT2D eigenvalue weighted by Gasteiger charge is -2.07. The highest BCUT2D eigenvalue weighted by molar-refractivity contribution is 5.96. The molecule has 1 heterocycles. The lowest BCUT2D eigenvalue weighted by Crippen LogP contribution is -2.09. The maximum absolute atomic E-state index is 13.3. The highest BCUT2D eigenvalue weighted by Gasteiger charge is 2.20. The van der Waals surface area contributed by atoms with E-state index in [0.29, 0.717) is 22.3 Å². The Kier molecular flexibility index (Phi) is 3.45. The van der Waals surface area contributed by atoms with Crippen molar-refractivity contribution in [2.45, 2.75) is 20.8 Å². The van der Waals surface area contributed by atoms with Gasteiger partial charge in [-0.3, -0.25) is 0 Å². The van der Waals surface area contributed by atoms with Crippen LogP contribution >= 0.6 is 0 Å². The average molecular weight is 298 g/mol. The summed E-state index contributed by atoms with van der Waals surface area (Å²) in [6, 6.07) is 9.71. The van der Waals surface area contributed by atoms with Gasteiger partial charge in [-0.15, -0.1) is 0 Å². The van der Waals surface area contributed by atoms with Crippen molar-refractivity contribution in [3.8, 4) is 5.75 Å². The molecule has 0 amide bonds. The topological polar surface area (TPSA) is 39.4 Å². The lowest BCUT2D eigenvalue weighted by atomic mass is 10.1. The van der Waals surface area contributed by atoms with E-state index in [1.54, 1.807) is 13.0 Å². The maximum Gasteiger partial charge on any atom is 0.379 e.